The Hall–Kier alpha value is -3.16. The molecule has 0 saturated carbocycles. The highest BCUT2D eigenvalue weighted by Crippen LogP contribution is 2.25. The maximum atomic E-state index is 13.1. The number of amides is 1. The average molecular weight is 406 g/mol. The standard InChI is InChI=1S/C22H27N7O/c1-17-23-24-20-7-8-21(25-29(17)20)27-11-9-18(10-12-27)22(30)28-15-13-26(14-16-28)19-5-3-2-4-6-19/h2-8,18H,9-16H2,1H3. The van der Waals surface area contributed by atoms with Gasteiger partial charge >= 0.3 is 0 Å². The number of anilines is 2. The average Bonchev–Trinajstić information content (AvgIpc) is 3.19. The molecule has 0 N–H and O–H groups in total. The minimum Gasteiger partial charge on any atom is -0.368 e. The van der Waals surface area contributed by atoms with Crippen LogP contribution in [-0.2, 0) is 4.79 Å². The first-order valence-corrected chi connectivity index (χ1v) is 10.7. The molecule has 1 aromatic carbocycles. The van der Waals surface area contributed by atoms with E-state index in [2.05, 4.69) is 54.3 Å². The Morgan fingerprint density at radius 1 is 0.867 bits per heavy atom. The Balaban J connectivity index is 1.16. The number of hydrogen-bond donors (Lipinski definition) is 0. The zero-order chi connectivity index (χ0) is 20.5. The third-order valence-electron chi connectivity index (χ3n) is 6.29. The van der Waals surface area contributed by atoms with E-state index in [1.54, 1.807) is 4.52 Å². The largest absolute Gasteiger partial charge is 0.368 e. The van der Waals surface area contributed by atoms with Crippen molar-refractivity contribution in [2.24, 2.45) is 5.92 Å². The maximum Gasteiger partial charge on any atom is 0.225 e. The van der Waals surface area contributed by atoms with Gasteiger partial charge in [-0.25, -0.2) is 0 Å². The molecule has 0 radical (unpaired) electrons. The summed E-state index contributed by atoms with van der Waals surface area (Å²) in [5, 5.41) is 12.8. The monoisotopic (exact) mass is 405 g/mol. The molecule has 30 heavy (non-hydrogen) atoms. The highest BCUT2D eigenvalue weighted by Gasteiger charge is 2.31. The molecule has 156 valence electrons. The van der Waals surface area contributed by atoms with Crippen LogP contribution in [0.1, 0.15) is 18.7 Å². The molecule has 8 heteroatoms. The van der Waals surface area contributed by atoms with E-state index in [9.17, 15) is 4.79 Å². The number of aryl methyl sites for hydroxylation is 1. The number of para-hydroxylation sites is 1. The van der Waals surface area contributed by atoms with E-state index >= 15 is 0 Å². The number of benzene rings is 1. The summed E-state index contributed by atoms with van der Waals surface area (Å²) >= 11 is 0. The van der Waals surface area contributed by atoms with E-state index in [-0.39, 0.29) is 5.92 Å². The summed E-state index contributed by atoms with van der Waals surface area (Å²) in [5.74, 6) is 2.14. The van der Waals surface area contributed by atoms with Gasteiger partial charge in [-0.2, -0.15) is 4.52 Å². The molecule has 2 saturated heterocycles. The number of rotatable bonds is 3. The van der Waals surface area contributed by atoms with Crippen LogP contribution in [0.5, 0.6) is 0 Å². The van der Waals surface area contributed by atoms with Crippen LogP contribution in [0.4, 0.5) is 11.5 Å². The minimum atomic E-state index is 0.116. The minimum absolute atomic E-state index is 0.116. The molecule has 0 aliphatic carbocycles. The quantitative estimate of drug-likeness (QED) is 0.664. The molecule has 3 aromatic rings. The lowest BCUT2D eigenvalue weighted by Crippen LogP contribution is -2.51. The van der Waals surface area contributed by atoms with Gasteiger partial charge in [-0.05, 0) is 44.0 Å². The Labute approximate surface area is 176 Å². The Morgan fingerprint density at radius 3 is 2.33 bits per heavy atom. The molecular weight excluding hydrogens is 378 g/mol. The van der Waals surface area contributed by atoms with E-state index in [1.807, 2.05) is 25.1 Å². The van der Waals surface area contributed by atoms with Crippen molar-refractivity contribution in [3.8, 4) is 0 Å². The first-order valence-electron chi connectivity index (χ1n) is 10.7. The van der Waals surface area contributed by atoms with E-state index in [0.717, 1.165) is 69.4 Å². The van der Waals surface area contributed by atoms with Crippen LogP contribution >= 0.6 is 0 Å². The zero-order valence-corrected chi connectivity index (χ0v) is 17.3. The van der Waals surface area contributed by atoms with Crippen LogP contribution in [0.15, 0.2) is 42.5 Å². The Kier molecular flexibility index (Phi) is 4.98. The second kappa shape index (κ2) is 7.93. The van der Waals surface area contributed by atoms with Crippen molar-refractivity contribution in [2.75, 3.05) is 49.1 Å². The maximum absolute atomic E-state index is 13.1. The fourth-order valence-corrected chi connectivity index (χ4v) is 4.49. The number of piperazine rings is 1. The third kappa shape index (κ3) is 3.58. The first kappa shape index (κ1) is 18.8. The van der Waals surface area contributed by atoms with Crippen LogP contribution in [-0.4, -0.2) is 69.9 Å². The molecular formula is C22H27N7O. The van der Waals surface area contributed by atoms with E-state index in [4.69, 9.17) is 0 Å². The molecule has 2 aliphatic heterocycles. The Morgan fingerprint density at radius 2 is 1.60 bits per heavy atom. The normalized spacial score (nSPS) is 18.2. The van der Waals surface area contributed by atoms with Gasteiger partial charge < -0.3 is 14.7 Å². The molecule has 8 nitrogen and oxygen atoms in total. The molecule has 4 heterocycles. The molecule has 2 aromatic heterocycles. The van der Waals surface area contributed by atoms with Crippen molar-refractivity contribution in [1.29, 1.82) is 0 Å². The van der Waals surface area contributed by atoms with Gasteiger partial charge in [0.25, 0.3) is 0 Å². The van der Waals surface area contributed by atoms with Crippen molar-refractivity contribution in [3.05, 3.63) is 48.3 Å². The summed E-state index contributed by atoms with van der Waals surface area (Å²) in [7, 11) is 0. The Bertz CT molecular complexity index is 1020. The summed E-state index contributed by atoms with van der Waals surface area (Å²) in [6.07, 6.45) is 1.75. The second-order valence-corrected chi connectivity index (χ2v) is 8.12. The number of piperidine rings is 1. The van der Waals surface area contributed by atoms with Crippen molar-refractivity contribution in [1.82, 2.24) is 24.7 Å². The van der Waals surface area contributed by atoms with Crippen LogP contribution in [0.2, 0.25) is 0 Å². The second-order valence-electron chi connectivity index (χ2n) is 8.12. The van der Waals surface area contributed by atoms with Crippen LogP contribution in [0.25, 0.3) is 5.65 Å². The summed E-state index contributed by atoms with van der Waals surface area (Å²) in [6.45, 7) is 7.01. The smallest absolute Gasteiger partial charge is 0.225 e. The first-order chi connectivity index (χ1) is 14.7. The van der Waals surface area contributed by atoms with Crippen LogP contribution in [0.3, 0.4) is 0 Å². The lowest BCUT2D eigenvalue weighted by molar-refractivity contribution is -0.136. The van der Waals surface area contributed by atoms with Crippen LogP contribution < -0.4 is 9.80 Å². The molecule has 0 bridgehead atoms. The van der Waals surface area contributed by atoms with Crippen molar-refractivity contribution in [2.45, 2.75) is 19.8 Å². The van der Waals surface area contributed by atoms with Gasteiger partial charge in [0, 0.05) is 50.9 Å². The fourth-order valence-electron chi connectivity index (χ4n) is 4.49. The van der Waals surface area contributed by atoms with Gasteiger partial charge in [-0.1, -0.05) is 18.2 Å². The molecule has 2 fully saturated rings. The molecule has 2 aliphatic rings. The third-order valence-corrected chi connectivity index (χ3v) is 6.29. The molecule has 0 atom stereocenters. The summed E-state index contributed by atoms with van der Waals surface area (Å²) in [6, 6.07) is 14.4. The predicted molar refractivity (Wildman–Crippen MR) is 116 cm³/mol. The summed E-state index contributed by atoms with van der Waals surface area (Å²) < 4.78 is 1.78. The molecule has 0 spiro atoms. The summed E-state index contributed by atoms with van der Waals surface area (Å²) in [4.78, 5) is 19.8. The summed E-state index contributed by atoms with van der Waals surface area (Å²) in [5.41, 5.74) is 2.00. The molecule has 0 unspecified atom stereocenters. The number of nitrogens with zero attached hydrogens (tertiary/aromatic N) is 7. The van der Waals surface area contributed by atoms with E-state index in [1.165, 1.54) is 5.69 Å². The van der Waals surface area contributed by atoms with E-state index < -0.39 is 0 Å². The molecule has 5 rings (SSSR count). The highest BCUT2D eigenvalue weighted by molar-refractivity contribution is 5.79. The number of fused-ring (bicyclic) bond motifs is 1. The predicted octanol–water partition coefficient (Wildman–Crippen LogP) is 2.00. The van der Waals surface area contributed by atoms with Crippen molar-refractivity contribution in [3.63, 3.8) is 0 Å². The number of hydrogen-bond acceptors (Lipinski definition) is 6. The van der Waals surface area contributed by atoms with Gasteiger partial charge in [0.1, 0.15) is 5.82 Å². The van der Waals surface area contributed by atoms with Gasteiger partial charge in [-0.3, -0.25) is 4.79 Å². The highest BCUT2D eigenvalue weighted by atomic mass is 16.2. The number of carbonyl (C=O) groups is 1. The number of aromatic nitrogens is 4. The van der Waals surface area contributed by atoms with Gasteiger partial charge in [0.2, 0.25) is 5.91 Å². The SMILES string of the molecule is Cc1nnc2ccc(N3CCC(C(=O)N4CCN(c5ccccc5)CC4)CC3)nn12. The molecule has 1 amide bonds. The van der Waals surface area contributed by atoms with Crippen molar-refractivity contribution < 1.29 is 4.79 Å². The topological polar surface area (TPSA) is 69.9 Å². The lowest BCUT2D eigenvalue weighted by Gasteiger charge is -2.39. The zero-order valence-electron chi connectivity index (χ0n) is 17.3. The number of carbonyl (C=O) groups excluding carboxylic acids is 1. The lowest BCUT2D eigenvalue weighted by atomic mass is 9.95. The van der Waals surface area contributed by atoms with Gasteiger partial charge in [0.15, 0.2) is 11.5 Å². The van der Waals surface area contributed by atoms with E-state index in [0.29, 0.717) is 5.91 Å². The fraction of sp³-hybridized carbons (Fsp3) is 0.455. The van der Waals surface area contributed by atoms with Gasteiger partial charge in [-0.15, -0.1) is 15.3 Å². The van der Waals surface area contributed by atoms with Crippen LogP contribution in [0, 0.1) is 12.8 Å². The van der Waals surface area contributed by atoms with Gasteiger partial charge in [0.05, 0.1) is 0 Å². The van der Waals surface area contributed by atoms with Crippen molar-refractivity contribution >= 4 is 23.1 Å².